The highest BCUT2D eigenvalue weighted by molar-refractivity contribution is 5.92. The van der Waals surface area contributed by atoms with Gasteiger partial charge in [0.1, 0.15) is 6.61 Å². The molecule has 0 saturated carbocycles. The monoisotopic (exact) mass is 559 g/mol. The molecule has 1 aromatic rings. The Kier molecular flexibility index (Phi) is 21.7. The van der Waals surface area contributed by atoms with Gasteiger partial charge in [0.05, 0.1) is 85.9 Å². The zero-order valence-corrected chi connectivity index (χ0v) is 23.4. The number of hydrogen-bond acceptors (Lipinski definition) is 10. The van der Waals surface area contributed by atoms with Gasteiger partial charge in [0.2, 0.25) is 0 Å². The Morgan fingerprint density at radius 3 is 1.59 bits per heavy atom. The van der Waals surface area contributed by atoms with Gasteiger partial charge in [0.25, 0.3) is 0 Å². The van der Waals surface area contributed by atoms with Gasteiger partial charge < -0.3 is 48.5 Å². The number of rotatable bonds is 24. The number of methoxy groups -OCH3 is 1. The summed E-state index contributed by atoms with van der Waals surface area (Å²) in [7, 11) is 1.64. The topological polar surface area (TPSA) is 144 Å². The fourth-order valence-electron chi connectivity index (χ4n) is 2.85. The zero-order chi connectivity index (χ0) is 28.4. The SMILES string of the molecule is CCNC(=O)Nc1cc(NC(=O)OCCOCCOCCOCCOCCOCCOCCOC)ccc1C. The van der Waals surface area contributed by atoms with Gasteiger partial charge in [-0.25, -0.2) is 9.59 Å². The highest BCUT2D eigenvalue weighted by Crippen LogP contribution is 2.20. The summed E-state index contributed by atoms with van der Waals surface area (Å²) in [6, 6.07) is 4.87. The number of ether oxygens (including phenoxy) is 8. The quantitative estimate of drug-likeness (QED) is 0.162. The summed E-state index contributed by atoms with van der Waals surface area (Å²) in [5.41, 5.74) is 1.97. The molecule has 0 spiro atoms. The Morgan fingerprint density at radius 1 is 0.667 bits per heavy atom. The van der Waals surface area contributed by atoms with Gasteiger partial charge in [-0.05, 0) is 31.5 Å². The van der Waals surface area contributed by atoms with Crippen LogP contribution in [0.1, 0.15) is 12.5 Å². The van der Waals surface area contributed by atoms with Crippen LogP contribution in [0.15, 0.2) is 18.2 Å². The molecule has 0 aliphatic carbocycles. The summed E-state index contributed by atoms with van der Waals surface area (Å²) in [5.74, 6) is 0. The summed E-state index contributed by atoms with van der Waals surface area (Å²) >= 11 is 0. The van der Waals surface area contributed by atoms with Crippen molar-refractivity contribution in [2.24, 2.45) is 0 Å². The fraction of sp³-hybridized carbons (Fsp3) is 0.692. The summed E-state index contributed by atoms with van der Waals surface area (Å²) in [4.78, 5) is 23.7. The van der Waals surface area contributed by atoms with Gasteiger partial charge in [-0.2, -0.15) is 0 Å². The first-order valence-electron chi connectivity index (χ1n) is 13.1. The van der Waals surface area contributed by atoms with E-state index < -0.39 is 6.09 Å². The third-order valence-electron chi connectivity index (χ3n) is 4.82. The van der Waals surface area contributed by atoms with Crippen LogP contribution in [-0.2, 0) is 37.9 Å². The maximum atomic E-state index is 12.0. The van der Waals surface area contributed by atoms with Crippen LogP contribution in [-0.4, -0.2) is 118 Å². The lowest BCUT2D eigenvalue weighted by Gasteiger charge is -2.12. The van der Waals surface area contributed by atoms with Crippen LogP contribution in [0, 0.1) is 6.92 Å². The Morgan fingerprint density at radius 2 is 1.13 bits per heavy atom. The third kappa shape index (κ3) is 20.1. The molecule has 0 fully saturated rings. The van der Waals surface area contributed by atoms with Crippen molar-refractivity contribution in [1.82, 2.24) is 5.32 Å². The van der Waals surface area contributed by atoms with Gasteiger partial charge >= 0.3 is 12.1 Å². The van der Waals surface area contributed by atoms with Crippen LogP contribution in [0.25, 0.3) is 0 Å². The van der Waals surface area contributed by atoms with Crippen LogP contribution in [0.3, 0.4) is 0 Å². The largest absolute Gasteiger partial charge is 0.447 e. The highest BCUT2D eigenvalue weighted by atomic mass is 16.6. The average Bonchev–Trinajstić information content (AvgIpc) is 2.91. The Balaban J connectivity index is 1.90. The second-order valence-electron chi connectivity index (χ2n) is 7.94. The third-order valence-corrected chi connectivity index (χ3v) is 4.82. The lowest BCUT2D eigenvalue weighted by atomic mass is 10.2. The van der Waals surface area contributed by atoms with Crippen molar-refractivity contribution in [1.29, 1.82) is 0 Å². The van der Waals surface area contributed by atoms with Gasteiger partial charge in [-0.1, -0.05) is 6.07 Å². The standard InChI is InChI=1S/C26H45N3O10/c1-4-27-25(30)29-24-21-23(6-5-22(24)2)28-26(31)39-20-19-38-18-17-37-16-15-36-14-13-35-12-11-34-10-9-33-8-7-32-3/h5-6,21H,4,7-20H2,1-3H3,(H,28,31)(H2,27,29,30). The zero-order valence-electron chi connectivity index (χ0n) is 23.4. The average molecular weight is 560 g/mol. The number of urea groups is 1. The van der Waals surface area contributed by atoms with Gasteiger partial charge in [0, 0.05) is 25.0 Å². The van der Waals surface area contributed by atoms with Crippen molar-refractivity contribution < 1.29 is 47.5 Å². The van der Waals surface area contributed by atoms with Crippen molar-refractivity contribution in [2.45, 2.75) is 13.8 Å². The van der Waals surface area contributed by atoms with Crippen LogP contribution in [0.4, 0.5) is 21.0 Å². The second kappa shape index (κ2) is 24.5. The van der Waals surface area contributed by atoms with E-state index in [-0.39, 0.29) is 19.2 Å². The van der Waals surface area contributed by atoms with Gasteiger partial charge in [-0.15, -0.1) is 0 Å². The number of carbonyl (C=O) groups is 2. The number of hydrogen-bond donors (Lipinski definition) is 3. The number of amides is 3. The molecule has 0 bridgehead atoms. The molecule has 3 N–H and O–H groups in total. The molecule has 0 saturated heterocycles. The molecule has 1 aromatic carbocycles. The summed E-state index contributed by atoms with van der Waals surface area (Å²) < 4.78 is 42.3. The maximum absolute atomic E-state index is 12.0. The summed E-state index contributed by atoms with van der Waals surface area (Å²) in [5, 5.41) is 8.02. The number of benzene rings is 1. The van der Waals surface area contributed by atoms with E-state index in [2.05, 4.69) is 16.0 Å². The lowest BCUT2D eigenvalue weighted by molar-refractivity contribution is -0.0204. The first-order valence-corrected chi connectivity index (χ1v) is 13.1. The predicted octanol–water partition coefficient (Wildman–Crippen LogP) is 2.43. The summed E-state index contributed by atoms with van der Waals surface area (Å²) in [6.45, 7) is 10.4. The molecule has 0 radical (unpaired) electrons. The van der Waals surface area contributed by atoms with E-state index >= 15 is 0 Å². The lowest BCUT2D eigenvalue weighted by Crippen LogP contribution is -2.28. The molecule has 13 nitrogen and oxygen atoms in total. The van der Waals surface area contributed by atoms with E-state index in [4.69, 9.17) is 37.9 Å². The van der Waals surface area contributed by atoms with Crippen molar-refractivity contribution in [3.63, 3.8) is 0 Å². The molecule has 1 rings (SSSR count). The number of nitrogens with one attached hydrogen (secondary N) is 3. The first-order chi connectivity index (χ1) is 19.1. The molecule has 39 heavy (non-hydrogen) atoms. The van der Waals surface area contributed by atoms with E-state index in [1.807, 2.05) is 13.8 Å². The van der Waals surface area contributed by atoms with Crippen molar-refractivity contribution in [3.05, 3.63) is 23.8 Å². The number of carbonyl (C=O) groups excluding carboxylic acids is 2. The molecule has 13 heteroatoms. The minimum Gasteiger partial charge on any atom is -0.447 e. The molecule has 0 aliphatic rings. The summed E-state index contributed by atoms with van der Waals surface area (Å²) in [6.07, 6.45) is -0.611. The van der Waals surface area contributed by atoms with E-state index in [0.717, 1.165) is 5.56 Å². The fourth-order valence-corrected chi connectivity index (χ4v) is 2.85. The van der Waals surface area contributed by atoms with E-state index in [1.165, 1.54) is 0 Å². The van der Waals surface area contributed by atoms with Gasteiger partial charge in [0.15, 0.2) is 0 Å². The maximum Gasteiger partial charge on any atom is 0.411 e. The van der Waals surface area contributed by atoms with Crippen LogP contribution in [0.2, 0.25) is 0 Å². The smallest absolute Gasteiger partial charge is 0.411 e. The molecular weight excluding hydrogens is 514 g/mol. The molecule has 0 heterocycles. The van der Waals surface area contributed by atoms with Crippen LogP contribution < -0.4 is 16.0 Å². The minimum atomic E-state index is -0.611. The minimum absolute atomic E-state index is 0.0953. The first kappa shape index (κ1) is 34.5. The molecule has 3 amide bonds. The number of anilines is 2. The van der Waals surface area contributed by atoms with E-state index in [0.29, 0.717) is 97.2 Å². The Bertz CT molecular complexity index is 769. The molecule has 0 unspecified atom stereocenters. The van der Waals surface area contributed by atoms with E-state index in [1.54, 1.807) is 25.3 Å². The second-order valence-corrected chi connectivity index (χ2v) is 7.94. The Labute approximate surface area is 231 Å². The van der Waals surface area contributed by atoms with Crippen molar-refractivity contribution in [2.75, 3.05) is 117 Å². The highest BCUT2D eigenvalue weighted by Gasteiger charge is 2.08. The molecule has 224 valence electrons. The molecule has 0 aliphatic heterocycles. The normalized spacial score (nSPS) is 10.8. The van der Waals surface area contributed by atoms with Crippen molar-refractivity contribution >= 4 is 23.5 Å². The predicted molar refractivity (Wildman–Crippen MR) is 146 cm³/mol. The van der Waals surface area contributed by atoms with Crippen molar-refractivity contribution in [3.8, 4) is 0 Å². The van der Waals surface area contributed by atoms with Crippen LogP contribution in [0.5, 0.6) is 0 Å². The molecule has 0 atom stereocenters. The molecule has 0 aromatic heterocycles. The Hall–Kier alpha value is -2.52. The van der Waals surface area contributed by atoms with Gasteiger partial charge in [-0.3, -0.25) is 5.32 Å². The van der Waals surface area contributed by atoms with Crippen LogP contribution >= 0.6 is 0 Å². The number of aryl methyl sites for hydroxylation is 1. The molecular formula is C26H45N3O10. The van der Waals surface area contributed by atoms with E-state index in [9.17, 15) is 9.59 Å².